The zero-order chi connectivity index (χ0) is 24.1. The van der Waals surface area contributed by atoms with Gasteiger partial charge in [0.05, 0.1) is 11.1 Å². The van der Waals surface area contributed by atoms with Crippen molar-refractivity contribution in [3.8, 4) is 0 Å². The molecule has 0 aliphatic carbocycles. The number of amides is 2. The lowest BCUT2D eigenvalue weighted by molar-refractivity contribution is -0.131. The van der Waals surface area contributed by atoms with E-state index in [9.17, 15) is 27.6 Å². The van der Waals surface area contributed by atoms with Crippen LogP contribution in [0.15, 0.2) is 30.6 Å². The van der Waals surface area contributed by atoms with Crippen LogP contribution in [0.1, 0.15) is 39.1 Å². The van der Waals surface area contributed by atoms with Crippen LogP contribution in [0.3, 0.4) is 0 Å². The molecule has 12 heteroatoms. The second-order valence-corrected chi connectivity index (χ2v) is 7.82. The van der Waals surface area contributed by atoms with Crippen LogP contribution in [0.25, 0.3) is 0 Å². The van der Waals surface area contributed by atoms with Gasteiger partial charge in [0.25, 0.3) is 5.91 Å². The Kier molecular flexibility index (Phi) is 9.39. The monoisotopic (exact) mass is 500 g/mol. The molecule has 3 rings (SSSR count). The van der Waals surface area contributed by atoms with E-state index in [0.29, 0.717) is 25.6 Å². The van der Waals surface area contributed by atoms with Crippen LogP contribution in [-0.2, 0) is 11.2 Å². The van der Waals surface area contributed by atoms with E-state index in [4.69, 9.17) is 10.8 Å². The van der Waals surface area contributed by atoms with Crippen LogP contribution in [0, 0.1) is 17.5 Å². The molecular formula is C22H24ClF3N4O4. The third-order valence-electron chi connectivity index (χ3n) is 5.38. The van der Waals surface area contributed by atoms with Crippen molar-refractivity contribution in [1.82, 2.24) is 14.8 Å². The Balaban J connectivity index is 0.00000408. The maximum atomic E-state index is 13.8. The van der Waals surface area contributed by atoms with Crippen LogP contribution < -0.4 is 5.73 Å². The number of halogens is 4. The molecular weight excluding hydrogens is 477 g/mol. The Morgan fingerprint density at radius 1 is 0.941 bits per heavy atom. The highest BCUT2D eigenvalue weighted by molar-refractivity contribution is 5.97. The second-order valence-electron chi connectivity index (χ2n) is 7.82. The fraction of sp³-hybridized carbons (Fsp3) is 0.364. The highest BCUT2D eigenvalue weighted by Gasteiger charge is 2.25. The molecule has 1 atom stereocenters. The SMILES string of the molecule is Cl.N[C@@H](CC(=O)N1CCCN(C(=O)c2cncc(C(=O)O)c2)CC1)Cc1cc(F)c(F)cc1F. The summed E-state index contributed by atoms with van der Waals surface area (Å²) in [6.45, 7) is 1.21. The largest absolute Gasteiger partial charge is 0.478 e. The number of aromatic nitrogens is 1. The molecule has 184 valence electrons. The summed E-state index contributed by atoms with van der Waals surface area (Å²) in [6.07, 6.45) is 2.67. The van der Waals surface area contributed by atoms with Gasteiger partial charge in [-0.1, -0.05) is 0 Å². The number of carboxylic acids is 1. The minimum Gasteiger partial charge on any atom is -0.478 e. The summed E-state index contributed by atoms with van der Waals surface area (Å²) in [5, 5.41) is 9.07. The van der Waals surface area contributed by atoms with Gasteiger partial charge in [0, 0.05) is 57.1 Å². The number of carbonyl (C=O) groups excluding carboxylic acids is 2. The van der Waals surface area contributed by atoms with Crippen LogP contribution in [0.4, 0.5) is 13.2 Å². The normalized spacial score (nSPS) is 14.7. The van der Waals surface area contributed by atoms with Gasteiger partial charge in [0.15, 0.2) is 11.6 Å². The van der Waals surface area contributed by atoms with Gasteiger partial charge in [-0.15, -0.1) is 12.4 Å². The number of hydrogen-bond acceptors (Lipinski definition) is 5. The van der Waals surface area contributed by atoms with E-state index in [1.807, 2.05) is 0 Å². The molecule has 1 aromatic carbocycles. The van der Waals surface area contributed by atoms with Gasteiger partial charge in [0.1, 0.15) is 5.82 Å². The molecule has 0 bridgehead atoms. The van der Waals surface area contributed by atoms with Gasteiger partial charge in [0.2, 0.25) is 5.91 Å². The van der Waals surface area contributed by atoms with Crippen molar-refractivity contribution in [2.24, 2.45) is 5.73 Å². The van der Waals surface area contributed by atoms with Gasteiger partial charge in [-0.3, -0.25) is 14.6 Å². The number of nitrogens with two attached hydrogens (primary N) is 1. The molecule has 2 amide bonds. The molecule has 3 N–H and O–H groups in total. The lowest BCUT2D eigenvalue weighted by Crippen LogP contribution is -2.40. The third kappa shape index (κ3) is 6.67. The first-order chi connectivity index (χ1) is 15.7. The summed E-state index contributed by atoms with van der Waals surface area (Å²) in [6, 6.07) is 1.63. The summed E-state index contributed by atoms with van der Waals surface area (Å²) < 4.78 is 40.3. The lowest BCUT2D eigenvalue weighted by Gasteiger charge is -2.23. The summed E-state index contributed by atoms with van der Waals surface area (Å²) in [5.74, 6) is -5.28. The third-order valence-corrected chi connectivity index (χ3v) is 5.38. The highest BCUT2D eigenvalue weighted by Crippen LogP contribution is 2.17. The van der Waals surface area contributed by atoms with Gasteiger partial charge in [-0.25, -0.2) is 18.0 Å². The Labute approximate surface area is 200 Å². The Morgan fingerprint density at radius 3 is 2.26 bits per heavy atom. The minimum absolute atomic E-state index is 0. The van der Waals surface area contributed by atoms with Crippen LogP contribution in [-0.4, -0.2) is 69.9 Å². The first-order valence-corrected chi connectivity index (χ1v) is 10.3. The molecule has 0 unspecified atom stereocenters. The van der Waals surface area contributed by atoms with Crippen molar-refractivity contribution in [3.05, 3.63) is 64.7 Å². The number of nitrogens with zero attached hydrogens (tertiary/aromatic N) is 3. The van der Waals surface area contributed by atoms with E-state index in [2.05, 4.69) is 4.98 Å². The number of hydrogen-bond donors (Lipinski definition) is 2. The van der Waals surface area contributed by atoms with E-state index in [1.165, 1.54) is 17.2 Å². The predicted molar refractivity (Wildman–Crippen MR) is 118 cm³/mol. The fourth-order valence-corrected chi connectivity index (χ4v) is 3.65. The first kappa shape index (κ1) is 27.1. The van der Waals surface area contributed by atoms with Crippen LogP contribution >= 0.6 is 12.4 Å². The molecule has 2 aromatic rings. The number of benzene rings is 1. The summed E-state index contributed by atoms with van der Waals surface area (Å²) in [7, 11) is 0. The van der Waals surface area contributed by atoms with Crippen molar-refractivity contribution in [1.29, 1.82) is 0 Å². The summed E-state index contributed by atoms with van der Waals surface area (Å²) >= 11 is 0. The Morgan fingerprint density at radius 2 is 1.56 bits per heavy atom. The molecule has 1 fully saturated rings. The quantitative estimate of drug-likeness (QED) is 0.588. The number of aromatic carboxylic acids is 1. The topological polar surface area (TPSA) is 117 Å². The van der Waals surface area contributed by atoms with Crippen molar-refractivity contribution in [3.63, 3.8) is 0 Å². The van der Waals surface area contributed by atoms with Gasteiger partial charge in [-0.2, -0.15) is 0 Å². The minimum atomic E-state index is -1.30. The van der Waals surface area contributed by atoms with Crippen molar-refractivity contribution < 1.29 is 32.7 Å². The first-order valence-electron chi connectivity index (χ1n) is 10.3. The van der Waals surface area contributed by atoms with Crippen molar-refractivity contribution >= 4 is 30.2 Å². The molecule has 0 radical (unpaired) electrons. The van der Waals surface area contributed by atoms with E-state index in [-0.39, 0.29) is 66.8 Å². The number of rotatable bonds is 6. The maximum Gasteiger partial charge on any atom is 0.337 e. The zero-order valence-electron chi connectivity index (χ0n) is 18.0. The van der Waals surface area contributed by atoms with Crippen molar-refractivity contribution in [2.75, 3.05) is 26.2 Å². The molecule has 1 aromatic heterocycles. The summed E-state index contributed by atoms with van der Waals surface area (Å²) in [4.78, 5) is 43.4. The Bertz CT molecular complexity index is 1070. The predicted octanol–water partition coefficient (Wildman–Crippen LogP) is 2.25. The lowest BCUT2D eigenvalue weighted by atomic mass is 10.0. The van der Waals surface area contributed by atoms with E-state index >= 15 is 0 Å². The molecule has 34 heavy (non-hydrogen) atoms. The summed E-state index contributed by atoms with van der Waals surface area (Å²) in [5.41, 5.74) is 5.88. The smallest absolute Gasteiger partial charge is 0.337 e. The van der Waals surface area contributed by atoms with Crippen molar-refractivity contribution in [2.45, 2.75) is 25.3 Å². The number of carbonyl (C=O) groups is 3. The molecule has 1 saturated heterocycles. The van der Waals surface area contributed by atoms with Gasteiger partial charge in [-0.05, 0) is 30.5 Å². The number of pyridine rings is 1. The van der Waals surface area contributed by atoms with E-state index in [0.717, 1.165) is 12.3 Å². The average molecular weight is 501 g/mol. The maximum absolute atomic E-state index is 13.8. The highest BCUT2D eigenvalue weighted by atomic mass is 35.5. The molecule has 0 saturated carbocycles. The molecule has 1 aliphatic heterocycles. The Hall–Kier alpha value is -3.18. The zero-order valence-corrected chi connectivity index (χ0v) is 18.9. The average Bonchev–Trinajstić information content (AvgIpc) is 3.03. The standard InChI is InChI=1S/C22H23F3N4O4.ClH/c23-17-10-19(25)18(24)8-13(17)7-16(26)9-20(30)28-2-1-3-29(5-4-28)21(31)14-6-15(22(32)33)12-27-11-14;/h6,8,10-12,16H,1-5,7,9,26H2,(H,32,33);1H/t16-;/m1./s1. The second kappa shape index (κ2) is 11.8. The van der Waals surface area contributed by atoms with Gasteiger partial charge >= 0.3 is 5.97 Å². The number of carboxylic acid groups (broad SMARTS) is 1. The molecule has 2 heterocycles. The van der Waals surface area contributed by atoms with Gasteiger partial charge < -0.3 is 20.6 Å². The van der Waals surface area contributed by atoms with E-state index < -0.39 is 29.5 Å². The molecule has 1 aliphatic rings. The molecule has 0 spiro atoms. The van der Waals surface area contributed by atoms with Crippen LogP contribution in [0.2, 0.25) is 0 Å². The van der Waals surface area contributed by atoms with Crippen LogP contribution in [0.5, 0.6) is 0 Å². The fourth-order valence-electron chi connectivity index (χ4n) is 3.65. The molecule has 8 nitrogen and oxygen atoms in total. The van der Waals surface area contributed by atoms with E-state index in [1.54, 1.807) is 4.90 Å².